The smallest absolute Gasteiger partial charge is 0.330 e. The zero-order valence-electron chi connectivity index (χ0n) is 15.6. The van der Waals surface area contributed by atoms with Gasteiger partial charge in [0.15, 0.2) is 0 Å². The maximum absolute atomic E-state index is 12.5. The number of aliphatic hydroxyl groups is 1. The molecular weight excluding hydrogens is 319 g/mol. The molecule has 23 heavy (non-hydrogen) atoms. The summed E-state index contributed by atoms with van der Waals surface area (Å²) in [6.07, 6.45) is 1.64. The molecule has 0 aliphatic rings. The summed E-state index contributed by atoms with van der Waals surface area (Å²) in [6.45, 7) is 13.1. The van der Waals surface area contributed by atoms with E-state index < -0.39 is 13.2 Å². The first kappa shape index (κ1) is 23.0. The van der Waals surface area contributed by atoms with Gasteiger partial charge < -0.3 is 23.6 Å². The molecular formula is C16H35O6P. The first-order valence-electron chi connectivity index (χ1n) is 8.36. The summed E-state index contributed by atoms with van der Waals surface area (Å²) in [5.74, 6) is 0. The summed E-state index contributed by atoms with van der Waals surface area (Å²) in [6, 6.07) is 0. The zero-order valence-corrected chi connectivity index (χ0v) is 16.5. The van der Waals surface area contributed by atoms with Gasteiger partial charge in [-0.3, -0.25) is 4.57 Å². The molecule has 0 amide bonds. The number of rotatable bonds is 14. The van der Waals surface area contributed by atoms with Crippen LogP contribution in [0.1, 0.15) is 54.4 Å². The van der Waals surface area contributed by atoms with E-state index in [1.165, 1.54) is 0 Å². The highest BCUT2D eigenvalue weighted by atomic mass is 31.2. The van der Waals surface area contributed by atoms with Crippen LogP contribution in [-0.2, 0) is 23.1 Å². The Kier molecular flexibility index (Phi) is 10.8. The van der Waals surface area contributed by atoms with Crippen molar-refractivity contribution in [3.05, 3.63) is 0 Å². The van der Waals surface area contributed by atoms with Crippen molar-refractivity contribution in [1.82, 2.24) is 0 Å². The van der Waals surface area contributed by atoms with E-state index in [9.17, 15) is 4.57 Å². The van der Waals surface area contributed by atoms with Gasteiger partial charge in [0.2, 0.25) is 0 Å². The van der Waals surface area contributed by atoms with Crippen LogP contribution in [0.4, 0.5) is 0 Å². The second-order valence-electron chi connectivity index (χ2n) is 6.61. The molecule has 0 bridgehead atoms. The van der Waals surface area contributed by atoms with E-state index in [1.807, 2.05) is 41.5 Å². The Morgan fingerprint density at radius 2 is 1.35 bits per heavy atom. The Bertz CT molecular complexity index is 346. The highest BCUT2D eigenvalue weighted by molar-refractivity contribution is 7.53. The minimum Gasteiger partial charge on any atom is -0.394 e. The van der Waals surface area contributed by atoms with Crippen LogP contribution >= 0.6 is 7.60 Å². The molecule has 0 saturated carbocycles. The molecule has 0 spiro atoms. The maximum atomic E-state index is 12.5. The van der Waals surface area contributed by atoms with Gasteiger partial charge in [0.1, 0.15) is 0 Å². The first-order valence-corrected chi connectivity index (χ1v) is 10.1. The van der Waals surface area contributed by atoms with Gasteiger partial charge in [-0.15, -0.1) is 0 Å². The minimum absolute atomic E-state index is 0.0138. The Labute approximate surface area is 141 Å². The Balaban J connectivity index is 4.29. The largest absolute Gasteiger partial charge is 0.394 e. The first-order chi connectivity index (χ1) is 10.6. The SMILES string of the molecule is CCOP(=O)(CCC(C)(C)OCCC(C)(C)OCCO)OCC. The predicted octanol–water partition coefficient (Wildman–Crippen LogP) is 3.62. The highest BCUT2D eigenvalue weighted by Crippen LogP contribution is 2.49. The summed E-state index contributed by atoms with van der Waals surface area (Å²) in [5, 5.41) is 8.81. The van der Waals surface area contributed by atoms with Crippen molar-refractivity contribution in [2.45, 2.75) is 65.6 Å². The standard InChI is InChI=1S/C16H35O6P/c1-7-21-23(18,22-8-2)14-10-16(5,6)19-12-9-15(3,4)20-13-11-17/h17H,7-14H2,1-6H3. The molecule has 0 atom stereocenters. The second-order valence-corrected chi connectivity index (χ2v) is 8.80. The summed E-state index contributed by atoms with van der Waals surface area (Å²) in [7, 11) is -3.03. The fourth-order valence-electron chi connectivity index (χ4n) is 2.01. The van der Waals surface area contributed by atoms with Gasteiger partial charge in [-0.2, -0.15) is 0 Å². The molecule has 0 unspecified atom stereocenters. The van der Waals surface area contributed by atoms with Crippen LogP contribution in [0.2, 0.25) is 0 Å². The third-order valence-corrected chi connectivity index (χ3v) is 5.49. The van der Waals surface area contributed by atoms with Gasteiger partial charge >= 0.3 is 7.60 Å². The molecule has 0 aromatic rings. The van der Waals surface area contributed by atoms with Crippen LogP contribution in [0.5, 0.6) is 0 Å². The molecule has 0 radical (unpaired) electrons. The lowest BCUT2D eigenvalue weighted by Gasteiger charge is -2.30. The molecule has 0 aromatic heterocycles. The third-order valence-electron chi connectivity index (χ3n) is 3.42. The quantitative estimate of drug-likeness (QED) is 0.480. The molecule has 0 aromatic carbocycles. The molecule has 0 fully saturated rings. The van der Waals surface area contributed by atoms with Gasteiger partial charge in [0.25, 0.3) is 0 Å². The monoisotopic (exact) mass is 354 g/mol. The summed E-state index contributed by atoms with van der Waals surface area (Å²) >= 11 is 0. The summed E-state index contributed by atoms with van der Waals surface area (Å²) < 4.78 is 34.6. The number of ether oxygens (including phenoxy) is 2. The normalized spacial score (nSPS) is 13.5. The van der Waals surface area contributed by atoms with Gasteiger partial charge in [-0.1, -0.05) is 0 Å². The molecule has 7 heteroatoms. The van der Waals surface area contributed by atoms with Crippen molar-refractivity contribution in [3.63, 3.8) is 0 Å². The third kappa shape index (κ3) is 11.2. The molecule has 0 saturated heterocycles. The van der Waals surface area contributed by atoms with E-state index in [1.54, 1.807) is 0 Å². The summed E-state index contributed by atoms with van der Waals surface area (Å²) in [5.41, 5.74) is -0.762. The van der Waals surface area contributed by atoms with E-state index in [0.29, 0.717) is 45.4 Å². The van der Waals surface area contributed by atoms with Gasteiger partial charge in [-0.25, -0.2) is 0 Å². The number of aliphatic hydroxyl groups excluding tert-OH is 1. The predicted molar refractivity (Wildman–Crippen MR) is 92.1 cm³/mol. The molecule has 0 aliphatic carbocycles. The van der Waals surface area contributed by atoms with E-state index in [-0.39, 0.29) is 12.2 Å². The average molecular weight is 354 g/mol. The van der Waals surface area contributed by atoms with Crippen molar-refractivity contribution in [2.24, 2.45) is 0 Å². The highest BCUT2D eigenvalue weighted by Gasteiger charge is 2.29. The van der Waals surface area contributed by atoms with Crippen molar-refractivity contribution in [2.75, 3.05) is 39.2 Å². The van der Waals surface area contributed by atoms with Crippen LogP contribution in [0.15, 0.2) is 0 Å². The molecule has 0 rings (SSSR count). The van der Waals surface area contributed by atoms with Crippen LogP contribution in [0, 0.1) is 0 Å². The van der Waals surface area contributed by atoms with E-state index in [0.717, 1.165) is 0 Å². The van der Waals surface area contributed by atoms with E-state index in [4.69, 9.17) is 23.6 Å². The van der Waals surface area contributed by atoms with Crippen molar-refractivity contribution in [3.8, 4) is 0 Å². The van der Waals surface area contributed by atoms with Crippen LogP contribution in [0.25, 0.3) is 0 Å². The lowest BCUT2D eigenvalue weighted by molar-refractivity contribution is -0.0788. The van der Waals surface area contributed by atoms with Gasteiger partial charge in [0.05, 0.1) is 50.4 Å². The lowest BCUT2D eigenvalue weighted by atomic mass is 10.0. The molecule has 6 nitrogen and oxygen atoms in total. The zero-order chi connectivity index (χ0) is 18.0. The number of hydrogen-bond donors (Lipinski definition) is 1. The molecule has 0 aliphatic heterocycles. The lowest BCUT2D eigenvalue weighted by Crippen LogP contribution is -2.32. The Morgan fingerprint density at radius 1 is 0.870 bits per heavy atom. The second kappa shape index (κ2) is 10.8. The fourth-order valence-corrected chi connectivity index (χ4v) is 3.94. The maximum Gasteiger partial charge on any atom is 0.330 e. The van der Waals surface area contributed by atoms with Crippen LogP contribution in [0.3, 0.4) is 0 Å². The van der Waals surface area contributed by atoms with Crippen molar-refractivity contribution in [1.29, 1.82) is 0 Å². The van der Waals surface area contributed by atoms with Crippen molar-refractivity contribution >= 4 is 7.60 Å². The Hall–Kier alpha value is 0.0300. The van der Waals surface area contributed by atoms with E-state index in [2.05, 4.69) is 0 Å². The minimum atomic E-state index is -3.03. The molecule has 140 valence electrons. The molecule has 0 heterocycles. The summed E-state index contributed by atoms with van der Waals surface area (Å²) in [4.78, 5) is 0. The average Bonchev–Trinajstić information content (AvgIpc) is 2.43. The van der Waals surface area contributed by atoms with Crippen molar-refractivity contribution < 1.29 is 28.2 Å². The van der Waals surface area contributed by atoms with Crippen LogP contribution < -0.4 is 0 Å². The topological polar surface area (TPSA) is 74.2 Å². The van der Waals surface area contributed by atoms with E-state index >= 15 is 0 Å². The van der Waals surface area contributed by atoms with Gasteiger partial charge in [0, 0.05) is 0 Å². The number of hydrogen-bond acceptors (Lipinski definition) is 6. The molecule has 1 N–H and O–H groups in total. The van der Waals surface area contributed by atoms with Crippen LogP contribution in [-0.4, -0.2) is 55.5 Å². The van der Waals surface area contributed by atoms with Gasteiger partial charge in [-0.05, 0) is 54.4 Å². The Morgan fingerprint density at radius 3 is 1.83 bits per heavy atom. The fraction of sp³-hybridized carbons (Fsp3) is 1.00.